The van der Waals surface area contributed by atoms with Gasteiger partial charge in [0.25, 0.3) is 0 Å². The van der Waals surface area contributed by atoms with E-state index in [-0.39, 0.29) is 0 Å². The first-order valence-electron chi connectivity index (χ1n) is 15.7. The molecular formula is C31H66N2. The number of unbranched alkanes of at least 4 members (excludes halogenated alkanes) is 20. The van der Waals surface area contributed by atoms with Crippen molar-refractivity contribution in [3.8, 4) is 0 Å². The molecule has 0 aromatic heterocycles. The molecule has 33 heavy (non-hydrogen) atoms. The lowest BCUT2D eigenvalue weighted by Gasteiger charge is -2.23. The van der Waals surface area contributed by atoms with Gasteiger partial charge >= 0.3 is 0 Å². The van der Waals surface area contributed by atoms with Gasteiger partial charge in [-0.3, -0.25) is 0 Å². The molecule has 0 saturated carbocycles. The summed E-state index contributed by atoms with van der Waals surface area (Å²) in [6.45, 7) is 14.1. The third-order valence-electron chi connectivity index (χ3n) is 7.14. The molecule has 2 heteroatoms. The Labute approximate surface area is 211 Å². The molecule has 0 rings (SSSR count). The first kappa shape index (κ1) is 32.9. The van der Waals surface area contributed by atoms with Crippen molar-refractivity contribution in [2.75, 3.05) is 26.2 Å². The zero-order valence-electron chi connectivity index (χ0n) is 23.9. The number of hydrogen-bond acceptors (Lipinski definition) is 2. The fourth-order valence-corrected chi connectivity index (χ4v) is 4.85. The Morgan fingerprint density at radius 2 is 0.727 bits per heavy atom. The average molecular weight is 467 g/mol. The van der Waals surface area contributed by atoms with Crippen LogP contribution < -0.4 is 5.32 Å². The first-order valence-corrected chi connectivity index (χ1v) is 15.7. The van der Waals surface area contributed by atoms with E-state index < -0.39 is 0 Å². The highest BCUT2D eigenvalue weighted by atomic mass is 15.1. The minimum absolute atomic E-state index is 0.607. The summed E-state index contributed by atoms with van der Waals surface area (Å²) in [6.07, 6.45) is 31.7. The third kappa shape index (κ3) is 28.0. The van der Waals surface area contributed by atoms with Gasteiger partial charge in [-0.1, -0.05) is 156 Å². The van der Waals surface area contributed by atoms with E-state index in [1.54, 1.807) is 0 Å². The van der Waals surface area contributed by atoms with Crippen molar-refractivity contribution in [1.82, 2.24) is 10.2 Å². The maximum Gasteiger partial charge on any atom is 0.0107 e. The summed E-state index contributed by atoms with van der Waals surface area (Å²) in [5, 5.41) is 3.62. The summed E-state index contributed by atoms with van der Waals surface area (Å²) in [7, 11) is 0. The van der Waals surface area contributed by atoms with E-state index in [0.717, 1.165) is 6.54 Å². The number of nitrogens with zero attached hydrogens (tertiary/aromatic N) is 1. The van der Waals surface area contributed by atoms with Crippen LogP contribution in [0.5, 0.6) is 0 Å². The summed E-state index contributed by atoms with van der Waals surface area (Å²) in [5.74, 6) is 0. The molecule has 0 heterocycles. The molecule has 0 aliphatic heterocycles. The summed E-state index contributed by atoms with van der Waals surface area (Å²) >= 11 is 0. The van der Waals surface area contributed by atoms with Crippen LogP contribution in [-0.4, -0.2) is 37.1 Å². The van der Waals surface area contributed by atoms with Gasteiger partial charge in [-0.2, -0.15) is 0 Å². The van der Waals surface area contributed by atoms with Gasteiger partial charge in [0, 0.05) is 19.1 Å². The van der Waals surface area contributed by atoms with Crippen LogP contribution in [0.1, 0.15) is 169 Å². The van der Waals surface area contributed by atoms with Gasteiger partial charge in [-0.25, -0.2) is 0 Å². The second kappa shape index (κ2) is 28.2. The van der Waals surface area contributed by atoms with Gasteiger partial charge in [0.1, 0.15) is 0 Å². The van der Waals surface area contributed by atoms with Crippen LogP contribution in [0.3, 0.4) is 0 Å². The van der Waals surface area contributed by atoms with Crippen LogP contribution >= 0.6 is 0 Å². The molecule has 0 aromatic rings. The number of nitrogens with one attached hydrogen (secondary N) is 1. The van der Waals surface area contributed by atoms with Crippen LogP contribution in [0.25, 0.3) is 0 Å². The van der Waals surface area contributed by atoms with Crippen molar-refractivity contribution in [1.29, 1.82) is 0 Å². The van der Waals surface area contributed by atoms with E-state index in [2.05, 4.69) is 37.9 Å². The van der Waals surface area contributed by atoms with Gasteiger partial charge in [0.05, 0.1) is 0 Å². The Kier molecular flexibility index (Phi) is 28.1. The molecule has 0 atom stereocenters. The largest absolute Gasteiger partial charge is 0.313 e. The molecule has 0 spiro atoms. The summed E-state index contributed by atoms with van der Waals surface area (Å²) in [4.78, 5) is 2.75. The fourth-order valence-electron chi connectivity index (χ4n) is 4.85. The lowest BCUT2D eigenvalue weighted by Crippen LogP contribution is -2.36. The Balaban J connectivity index is 3.69. The molecule has 1 N–H and O–H groups in total. The highest BCUT2D eigenvalue weighted by molar-refractivity contribution is 4.63. The molecule has 0 aliphatic rings. The third-order valence-corrected chi connectivity index (χ3v) is 7.14. The first-order chi connectivity index (χ1) is 16.2. The molecule has 0 bridgehead atoms. The lowest BCUT2D eigenvalue weighted by atomic mass is 10.1. The molecule has 200 valence electrons. The molecule has 0 radical (unpaired) electrons. The standard InChI is InChI=1S/C31H66N2/c1-5-7-9-11-13-15-17-19-21-23-25-28-33(30-27-32-31(3)4)29-26-24-22-20-18-16-14-12-10-8-6-2/h31-32H,5-30H2,1-4H3. The van der Waals surface area contributed by atoms with E-state index in [1.807, 2.05) is 0 Å². The summed E-state index contributed by atoms with van der Waals surface area (Å²) in [5.41, 5.74) is 0. The smallest absolute Gasteiger partial charge is 0.0107 e. The quantitative estimate of drug-likeness (QED) is 0.115. The van der Waals surface area contributed by atoms with Crippen LogP contribution in [-0.2, 0) is 0 Å². The highest BCUT2D eigenvalue weighted by Gasteiger charge is 2.05. The van der Waals surface area contributed by atoms with Gasteiger partial charge in [-0.15, -0.1) is 0 Å². The number of hydrogen-bond donors (Lipinski definition) is 1. The number of rotatable bonds is 28. The molecule has 2 nitrogen and oxygen atoms in total. The maximum atomic E-state index is 3.62. The fraction of sp³-hybridized carbons (Fsp3) is 1.00. The van der Waals surface area contributed by atoms with Crippen molar-refractivity contribution in [2.45, 2.75) is 175 Å². The second-order valence-electron chi connectivity index (χ2n) is 11.0. The zero-order valence-corrected chi connectivity index (χ0v) is 23.9. The lowest BCUT2D eigenvalue weighted by molar-refractivity contribution is 0.257. The van der Waals surface area contributed by atoms with Crippen molar-refractivity contribution in [2.24, 2.45) is 0 Å². The van der Waals surface area contributed by atoms with E-state index in [1.165, 1.54) is 161 Å². The monoisotopic (exact) mass is 467 g/mol. The zero-order chi connectivity index (χ0) is 24.2. The Hall–Kier alpha value is -0.0800. The van der Waals surface area contributed by atoms with Crippen molar-refractivity contribution in [3.63, 3.8) is 0 Å². The minimum atomic E-state index is 0.607. The Bertz CT molecular complexity index is 316. The van der Waals surface area contributed by atoms with Gasteiger partial charge < -0.3 is 10.2 Å². The molecule has 0 fully saturated rings. The second-order valence-corrected chi connectivity index (χ2v) is 11.0. The molecule has 0 aromatic carbocycles. The minimum Gasteiger partial charge on any atom is -0.313 e. The van der Waals surface area contributed by atoms with Gasteiger partial charge in [0.15, 0.2) is 0 Å². The molecule has 0 aliphatic carbocycles. The van der Waals surface area contributed by atoms with Crippen LogP contribution in [0.4, 0.5) is 0 Å². The Morgan fingerprint density at radius 1 is 0.424 bits per heavy atom. The highest BCUT2D eigenvalue weighted by Crippen LogP contribution is 2.13. The molecule has 0 saturated heterocycles. The molecule has 0 unspecified atom stereocenters. The maximum absolute atomic E-state index is 3.62. The van der Waals surface area contributed by atoms with Crippen LogP contribution in [0, 0.1) is 0 Å². The van der Waals surface area contributed by atoms with Crippen molar-refractivity contribution < 1.29 is 0 Å². The normalized spacial score (nSPS) is 11.8. The van der Waals surface area contributed by atoms with Crippen LogP contribution in [0.15, 0.2) is 0 Å². The Morgan fingerprint density at radius 3 is 1.03 bits per heavy atom. The SMILES string of the molecule is CCCCCCCCCCCCCN(CCCCCCCCCCCCC)CCNC(C)C. The van der Waals surface area contributed by atoms with Gasteiger partial charge in [-0.05, 0) is 25.9 Å². The summed E-state index contributed by atoms with van der Waals surface area (Å²) < 4.78 is 0. The molecule has 0 amide bonds. The van der Waals surface area contributed by atoms with E-state index in [9.17, 15) is 0 Å². The predicted molar refractivity (Wildman–Crippen MR) is 153 cm³/mol. The van der Waals surface area contributed by atoms with Gasteiger partial charge in [0.2, 0.25) is 0 Å². The average Bonchev–Trinajstić information content (AvgIpc) is 2.80. The van der Waals surface area contributed by atoms with E-state index in [4.69, 9.17) is 0 Å². The topological polar surface area (TPSA) is 15.3 Å². The van der Waals surface area contributed by atoms with E-state index in [0.29, 0.717) is 6.04 Å². The van der Waals surface area contributed by atoms with Crippen molar-refractivity contribution >= 4 is 0 Å². The summed E-state index contributed by atoms with van der Waals surface area (Å²) in [6, 6.07) is 0.607. The van der Waals surface area contributed by atoms with E-state index >= 15 is 0 Å². The predicted octanol–water partition coefficient (Wildman–Crippen LogP) is 9.91. The van der Waals surface area contributed by atoms with Crippen LogP contribution in [0.2, 0.25) is 0 Å². The molecular weight excluding hydrogens is 400 g/mol. The van der Waals surface area contributed by atoms with Crippen molar-refractivity contribution in [3.05, 3.63) is 0 Å².